The molecule has 0 aliphatic carbocycles. The van der Waals surface area contributed by atoms with Crippen LogP contribution in [0.4, 0.5) is 0 Å². The Kier molecular flexibility index (Phi) is 4.12. The maximum Gasteiger partial charge on any atom is 0.172 e. The van der Waals surface area contributed by atoms with Crippen LogP contribution in [0.3, 0.4) is 0 Å². The third-order valence-corrected chi connectivity index (χ3v) is 4.21. The predicted molar refractivity (Wildman–Crippen MR) is 87.3 cm³/mol. The van der Waals surface area contributed by atoms with Gasteiger partial charge in [-0.15, -0.1) is 0 Å². The number of nitrogens with zero attached hydrogens (tertiary/aromatic N) is 2. The van der Waals surface area contributed by atoms with Gasteiger partial charge in [0, 0.05) is 35.7 Å². The monoisotopic (exact) mass is 321 g/mol. The van der Waals surface area contributed by atoms with Crippen molar-refractivity contribution in [3.63, 3.8) is 0 Å². The van der Waals surface area contributed by atoms with Crippen molar-refractivity contribution in [2.24, 2.45) is 0 Å². The van der Waals surface area contributed by atoms with Crippen LogP contribution in [0.5, 0.6) is 0 Å². The summed E-state index contributed by atoms with van der Waals surface area (Å²) in [6.07, 6.45) is 0.845. The second-order valence-electron chi connectivity index (χ2n) is 4.95. The lowest BCUT2D eigenvalue weighted by atomic mass is 10.0. The molecular weight excluding hydrogens is 306 g/mol. The van der Waals surface area contributed by atoms with Crippen LogP contribution in [-0.4, -0.2) is 28.3 Å². The molecule has 1 aromatic heterocycles. The van der Waals surface area contributed by atoms with Gasteiger partial charge in [0.25, 0.3) is 0 Å². The van der Waals surface area contributed by atoms with Crippen molar-refractivity contribution >= 4 is 28.9 Å². The third kappa shape index (κ3) is 2.89. The van der Waals surface area contributed by atoms with Gasteiger partial charge in [-0.05, 0) is 43.4 Å². The molecule has 0 saturated heterocycles. The van der Waals surface area contributed by atoms with Gasteiger partial charge in [0.2, 0.25) is 0 Å². The van der Waals surface area contributed by atoms with Crippen molar-refractivity contribution < 1.29 is 4.52 Å². The van der Waals surface area contributed by atoms with E-state index in [9.17, 15) is 0 Å². The quantitative estimate of drug-likeness (QED) is 0.860. The van der Waals surface area contributed by atoms with Gasteiger partial charge in [-0.3, -0.25) is 0 Å². The summed E-state index contributed by atoms with van der Waals surface area (Å²) >= 11 is 11.3. The fourth-order valence-electron chi connectivity index (χ4n) is 2.48. The predicted octanol–water partition coefficient (Wildman–Crippen LogP) is 3.25. The summed E-state index contributed by atoms with van der Waals surface area (Å²) in [7, 11) is 0. The molecular formula is C15H16ClN3OS. The molecule has 0 saturated carbocycles. The third-order valence-electron chi connectivity index (χ3n) is 3.56. The van der Waals surface area contributed by atoms with E-state index in [4.69, 9.17) is 28.3 Å². The zero-order valence-corrected chi connectivity index (χ0v) is 13.3. The van der Waals surface area contributed by atoms with E-state index in [1.807, 2.05) is 31.2 Å². The first-order valence-electron chi connectivity index (χ1n) is 6.95. The standard InChI is InChI=1S/C15H16ClN3OS/c1-2-17-15(21)19-8-7-13-12(9-19)14(20-18-13)10-3-5-11(16)6-4-10/h3-6H,2,7-9H2,1H3,(H,17,21). The highest BCUT2D eigenvalue weighted by Gasteiger charge is 2.25. The Hall–Kier alpha value is -1.59. The van der Waals surface area contributed by atoms with Crippen LogP contribution in [0.2, 0.25) is 5.02 Å². The van der Waals surface area contributed by atoms with Gasteiger partial charge in [-0.1, -0.05) is 16.8 Å². The van der Waals surface area contributed by atoms with Crippen LogP contribution >= 0.6 is 23.8 Å². The number of hydrogen-bond acceptors (Lipinski definition) is 3. The van der Waals surface area contributed by atoms with Gasteiger partial charge in [-0.2, -0.15) is 0 Å². The van der Waals surface area contributed by atoms with E-state index >= 15 is 0 Å². The van der Waals surface area contributed by atoms with E-state index in [0.717, 1.165) is 53.7 Å². The van der Waals surface area contributed by atoms with Crippen LogP contribution < -0.4 is 5.32 Å². The van der Waals surface area contributed by atoms with Gasteiger partial charge in [0.05, 0.1) is 12.2 Å². The lowest BCUT2D eigenvalue weighted by molar-refractivity contribution is 0.383. The fraction of sp³-hybridized carbons (Fsp3) is 0.333. The average Bonchev–Trinajstić information content (AvgIpc) is 2.91. The number of aromatic nitrogens is 1. The minimum atomic E-state index is 0.710. The van der Waals surface area contributed by atoms with E-state index in [2.05, 4.69) is 15.4 Å². The fourth-order valence-corrected chi connectivity index (χ4v) is 2.90. The molecule has 0 radical (unpaired) electrons. The molecule has 110 valence electrons. The topological polar surface area (TPSA) is 41.3 Å². The number of fused-ring (bicyclic) bond motifs is 1. The Morgan fingerprint density at radius 1 is 1.43 bits per heavy atom. The molecule has 1 N–H and O–H groups in total. The summed E-state index contributed by atoms with van der Waals surface area (Å²) in [6, 6.07) is 7.61. The number of thiocarbonyl (C=S) groups is 1. The lowest BCUT2D eigenvalue weighted by Crippen LogP contribution is -2.42. The molecule has 2 heterocycles. The summed E-state index contributed by atoms with van der Waals surface area (Å²) in [5, 5.41) is 8.88. The van der Waals surface area contributed by atoms with E-state index in [-0.39, 0.29) is 0 Å². The minimum Gasteiger partial charge on any atom is -0.363 e. The average molecular weight is 322 g/mol. The van der Waals surface area contributed by atoms with Crippen molar-refractivity contribution in [3.8, 4) is 11.3 Å². The molecule has 21 heavy (non-hydrogen) atoms. The van der Waals surface area contributed by atoms with Gasteiger partial charge in [-0.25, -0.2) is 0 Å². The van der Waals surface area contributed by atoms with Crippen LogP contribution in [0, 0.1) is 0 Å². The minimum absolute atomic E-state index is 0.710. The van der Waals surface area contributed by atoms with Crippen LogP contribution in [0.15, 0.2) is 28.8 Å². The normalized spacial score (nSPS) is 13.9. The van der Waals surface area contributed by atoms with Crippen LogP contribution in [-0.2, 0) is 13.0 Å². The smallest absolute Gasteiger partial charge is 0.172 e. The van der Waals surface area contributed by atoms with Gasteiger partial charge < -0.3 is 14.7 Å². The zero-order valence-electron chi connectivity index (χ0n) is 11.7. The van der Waals surface area contributed by atoms with Crippen molar-refractivity contribution in [1.29, 1.82) is 0 Å². The highest BCUT2D eigenvalue weighted by molar-refractivity contribution is 7.80. The lowest BCUT2D eigenvalue weighted by Gasteiger charge is -2.28. The number of halogens is 1. The second kappa shape index (κ2) is 6.03. The highest BCUT2D eigenvalue weighted by atomic mass is 35.5. The second-order valence-corrected chi connectivity index (χ2v) is 5.77. The highest BCUT2D eigenvalue weighted by Crippen LogP contribution is 2.31. The number of rotatable bonds is 2. The summed E-state index contributed by atoms with van der Waals surface area (Å²) in [5.74, 6) is 0.811. The maximum absolute atomic E-state index is 5.94. The molecule has 1 aliphatic heterocycles. The van der Waals surface area contributed by atoms with E-state index in [1.54, 1.807) is 0 Å². The van der Waals surface area contributed by atoms with E-state index in [0.29, 0.717) is 5.02 Å². The largest absolute Gasteiger partial charge is 0.363 e. The van der Waals surface area contributed by atoms with Gasteiger partial charge in [0.15, 0.2) is 10.9 Å². The van der Waals surface area contributed by atoms with Gasteiger partial charge >= 0.3 is 0 Å². The molecule has 3 rings (SSSR count). The Labute approximate surface area is 134 Å². The number of hydrogen-bond donors (Lipinski definition) is 1. The maximum atomic E-state index is 5.94. The number of nitrogens with one attached hydrogen (secondary N) is 1. The molecule has 6 heteroatoms. The Bertz CT molecular complexity index is 653. The Morgan fingerprint density at radius 3 is 2.90 bits per heavy atom. The Balaban J connectivity index is 1.89. The van der Waals surface area contributed by atoms with Crippen molar-refractivity contribution in [2.75, 3.05) is 13.1 Å². The Morgan fingerprint density at radius 2 is 2.19 bits per heavy atom. The summed E-state index contributed by atoms with van der Waals surface area (Å²) in [5.41, 5.74) is 3.13. The molecule has 0 amide bonds. The van der Waals surface area contributed by atoms with E-state index < -0.39 is 0 Å². The summed E-state index contributed by atoms with van der Waals surface area (Å²) < 4.78 is 5.55. The van der Waals surface area contributed by atoms with Crippen molar-refractivity contribution in [3.05, 3.63) is 40.5 Å². The van der Waals surface area contributed by atoms with Crippen LogP contribution in [0.1, 0.15) is 18.2 Å². The molecule has 0 atom stereocenters. The van der Waals surface area contributed by atoms with Crippen LogP contribution in [0.25, 0.3) is 11.3 Å². The molecule has 0 bridgehead atoms. The summed E-state index contributed by atoms with van der Waals surface area (Å²) in [4.78, 5) is 2.15. The van der Waals surface area contributed by atoms with Crippen molar-refractivity contribution in [1.82, 2.24) is 15.4 Å². The molecule has 0 spiro atoms. The first-order valence-corrected chi connectivity index (χ1v) is 7.73. The first-order chi connectivity index (χ1) is 10.2. The molecule has 4 nitrogen and oxygen atoms in total. The molecule has 0 fully saturated rings. The molecule has 2 aromatic rings. The SMILES string of the molecule is CCNC(=S)N1CCc2noc(-c3ccc(Cl)cc3)c2C1. The summed E-state index contributed by atoms with van der Waals surface area (Å²) in [6.45, 7) is 4.46. The van der Waals surface area contributed by atoms with Crippen molar-refractivity contribution in [2.45, 2.75) is 19.9 Å². The molecule has 1 aromatic carbocycles. The zero-order chi connectivity index (χ0) is 14.8. The first kappa shape index (κ1) is 14.4. The molecule has 0 unspecified atom stereocenters. The number of benzene rings is 1. The molecule has 1 aliphatic rings. The van der Waals surface area contributed by atoms with Gasteiger partial charge in [0.1, 0.15) is 0 Å². The van der Waals surface area contributed by atoms with E-state index in [1.165, 1.54) is 0 Å².